The van der Waals surface area contributed by atoms with Crippen LogP contribution < -0.4 is 15.6 Å². The summed E-state index contributed by atoms with van der Waals surface area (Å²) < 4.78 is 28.1. The Hall–Kier alpha value is -2.69. The molecule has 0 unspecified atom stereocenters. The fourth-order valence-corrected chi connectivity index (χ4v) is 4.74. The van der Waals surface area contributed by atoms with Crippen molar-refractivity contribution < 1.29 is 18.0 Å². The van der Waals surface area contributed by atoms with Crippen molar-refractivity contribution in [3.8, 4) is 0 Å². The molecule has 0 fully saturated rings. The highest BCUT2D eigenvalue weighted by Gasteiger charge is 2.19. The van der Waals surface area contributed by atoms with Gasteiger partial charge in [-0.1, -0.05) is 40.2 Å². The van der Waals surface area contributed by atoms with E-state index in [1.54, 1.807) is 47.8 Å². The molecule has 0 saturated carbocycles. The van der Waals surface area contributed by atoms with Crippen LogP contribution in [0.1, 0.15) is 20.7 Å². The van der Waals surface area contributed by atoms with Crippen LogP contribution >= 0.6 is 27.3 Å². The molecule has 1 heterocycles. The maximum Gasteiger partial charge on any atom is 0.271 e. The zero-order valence-electron chi connectivity index (χ0n) is 14.2. The molecule has 144 valence electrons. The van der Waals surface area contributed by atoms with Gasteiger partial charge in [-0.15, -0.1) is 11.3 Å². The number of para-hydroxylation sites is 1. The van der Waals surface area contributed by atoms with Crippen molar-refractivity contribution in [2.24, 2.45) is 0 Å². The smallest absolute Gasteiger partial charge is 0.271 e. The number of benzene rings is 2. The summed E-state index contributed by atoms with van der Waals surface area (Å²) in [5, 5.41) is 1.64. The maximum absolute atomic E-state index is 12.5. The fraction of sp³-hybridized carbons (Fsp3) is 0. The molecular weight excluding hydrogens is 466 g/mol. The standard InChI is InChI=1S/C18H14BrN3O4S2/c19-13-6-3-5-12(11-13)17(23)20-21-18(24)14-7-1-2-8-15(14)22-28(25,26)16-9-4-10-27-16/h1-11,22H,(H,20,23)(H,21,24). The fourth-order valence-electron chi connectivity index (χ4n) is 2.26. The minimum absolute atomic E-state index is 0.0668. The average molecular weight is 480 g/mol. The number of thiophene rings is 1. The summed E-state index contributed by atoms with van der Waals surface area (Å²) in [5.41, 5.74) is 5.12. The molecule has 7 nitrogen and oxygen atoms in total. The number of carbonyl (C=O) groups is 2. The highest BCUT2D eigenvalue weighted by Crippen LogP contribution is 2.22. The third-order valence-corrected chi connectivity index (χ3v) is 6.81. The van der Waals surface area contributed by atoms with E-state index in [2.05, 4.69) is 31.5 Å². The Kier molecular flexibility index (Phi) is 6.12. The molecule has 3 aromatic rings. The van der Waals surface area contributed by atoms with Crippen LogP contribution in [0.4, 0.5) is 5.69 Å². The molecule has 0 aliphatic rings. The summed E-state index contributed by atoms with van der Waals surface area (Å²) in [5.74, 6) is -1.17. The van der Waals surface area contributed by atoms with Gasteiger partial charge in [-0.2, -0.15) is 0 Å². The van der Waals surface area contributed by atoms with Gasteiger partial charge in [-0.05, 0) is 41.8 Å². The number of sulfonamides is 1. The lowest BCUT2D eigenvalue weighted by Crippen LogP contribution is -2.41. The average Bonchev–Trinajstić information content (AvgIpc) is 3.22. The number of hydrogen-bond donors (Lipinski definition) is 3. The van der Waals surface area contributed by atoms with Gasteiger partial charge in [0.15, 0.2) is 0 Å². The minimum Gasteiger partial charge on any atom is -0.278 e. The van der Waals surface area contributed by atoms with E-state index in [-0.39, 0.29) is 15.5 Å². The van der Waals surface area contributed by atoms with Crippen molar-refractivity contribution in [1.82, 2.24) is 10.9 Å². The van der Waals surface area contributed by atoms with E-state index in [9.17, 15) is 18.0 Å². The first-order valence-corrected chi connectivity index (χ1v) is 11.0. The highest BCUT2D eigenvalue weighted by molar-refractivity contribution is 9.10. The lowest BCUT2D eigenvalue weighted by molar-refractivity contribution is 0.0847. The molecule has 0 spiro atoms. The van der Waals surface area contributed by atoms with Gasteiger partial charge in [0.2, 0.25) is 0 Å². The van der Waals surface area contributed by atoms with Crippen molar-refractivity contribution in [2.75, 3.05) is 4.72 Å². The number of anilines is 1. The van der Waals surface area contributed by atoms with E-state index < -0.39 is 21.8 Å². The van der Waals surface area contributed by atoms with Crippen LogP contribution in [0.5, 0.6) is 0 Å². The number of carbonyl (C=O) groups excluding carboxylic acids is 2. The SMILES string of the molecule is O=C(NNC(=O)c1ccccc1NS(=O)(=O)c1cccs1)c1cccc(Br)c1. The molecule has 3 N–H and O–H groups in total. The van der Waals surface area contributed by atoms with Gasteiger partial charge in [-0.3, -0.25) is 25.2 Å². The second-order valence-electron chi connectivity index (χ2n) is 5.50. The van der Waals surface area contributed by atoms with Gasteiger partial charge in [0.05, 0.1) is 11.3 Å². The Balaban J connectivity index is 1.73. The molecule has 2 amide bonds. The monoisotopic (exact) mass is 479 g/mol. The molecule has 0 aliphatic heterocycles. The zero-order chi connectivity index (χ0) is 20.1. The van der Waals surface area contributed by atoms with Crippen molar-refractivity contribution in [1.29, 1.82) is 0 Å². The lowest BCUT2D eigenvalue weighted by Gasteiger charge is -2.12. The van der Waals surface area contributed by atoms with Crippen molar-refractivity contribution in [3.63, 3.8) is 0 Å². The van der Waals surface area contributed by atoms with Gasteiger partial charge in [-0.25, -0.2) is 8.42 Å². The summed E-state index contributed by atoms with van der Waals surface area (Å²) in [4.78, 5) is 24.6. The highest BCUT2D eigenvalue weighted by atomic mass is 79.9. The summed E-state index contributed by atoms with van der Waals surface area (Å²) in [7, 11) is -3.81. The number of amides is 2. The summed E-state index contributed by atoms with van der Waals surface area (Å²) >= 11 is 4.33. The molecule has 0 bridgehead atoms. The third kappa shape index (κ3) is 4.77. The first-order chi connectivity index (χ1) is 13.4. The molecule has 0 aliphatic carbocycles. The molecular formula is C18H14BrN3O4S2. The van der Waals surface area contributed by atoms with Gasteiger partial charge in [0, 0.05) is 10.0 Å². The van der Waals surface area contributed by atoms with Crippen LogP contribution in [0.2, 0.25) is 0 Å². The van der Waals surface area contributed by atoms with Gasteiger partial charge < -0.3 is 0 Å². The number of hydrazine groups is 1. The Labute approximate surface area is 173 Å². The first-order valence-electron chi connectivity index (χ1n) is 7.88. The van der Waals surface area contributed by atoms with Gasteiger partial charge >= 0.3 is 0 Å². The maximum atomic E-state index is 12.5. The quantitative estimate of drug-likeness (QED) is 0.487. The van der Waals surface area contributed by atoms with E-state index in [1.165, 1.54) is 18.2 Å². The Morgan fingerprint density at radius 1 is 0.893 bits per heavy atom. The normalized spacial score (nSPS) is 10.9. The Morgan fingerprint density at radius 2 is 1.64 bits per heavy atom. The second-order valence-corrected chi connectivity index (χ2v) is 9.27. The number of nitrogens with one attached hydrogen (secondary N) is 3. The third-order valence-electron chi connectivity index (χ3n) is 3.55. The number of rotatable bonds is 5. The topological polar surface area (TPSA) is 104 Å². The molecule has 0 radical (unpaired) electrons. The van der Waals surface area contributed by atoms with E-state index in [1.807, 2.05) is 0 Å². The van der Waals surface area contributed by atoms with Crippen LogP contribution in [-0.2, 0) is 10.0 Å². The predicted molar refractivity (Wildman–Crippen MR) is 111 cm³/mol. The summed E-state index contributed by atoms with van der Waals surface area (Å²) in [6.07, 6.45) is 0. The number of halogens is 1. The van der Waals surface area contributed by atoms with Crippen molar-refractivity contribution in [3.05, 3.63) is 81.6 Å². The first kappa shape index (κ1) is 20.1. The molecule has 1 aromatic heterocycles. The molecule has 28 heavy (non-hydrogen) atoms. The van der Waals surface area contributed by atoms with E-state index in [0.29, 0.717) is 5.56 Å². The van der Waals surface area contributed by atoms with Gasteiger partial charge in [0.1, 0.15) is 4.21 Å². The molecule has 0 saturated heterocycles. The van der Waals surface area contributed by atoms with Crippen LogP contribution in [0.15, 0.2) is 74.7 Å². The predicted octanol–water partition coefficient (Wildman–Crippen LogP) is 3.39. The molecule has 0 atom stereocenters. The van der Waals surface area contributed by atoms with Crippen LogP contribution in [-0.4, -0.2) is 20.2 Å². The van der Waals surface area contributed by atoms with E-state index >= 15 is 0 Å². The summed E-state index contributed by atoms with van der Waals surface area (Å²) in [6, 6.07) is 15.9. The van der Waals surface area contributed by atoms with Crippen LogP contribution in [0.3, 0.4) is 0 Å². The largest absolute Gasteiger partial charge is 0.278 e. The molecule has 10 heteroatoms. The Bertz CT molecular complexity index is 1120. The van der Waals surface area contributed by atoms with Gasteiger partial charge in [0.25, 0.3) is 21.8 Å². The minimum atomic E-state index is -3.81. The van der Waals surface area contributed by atoms with Crippen molar-refractivity contribution in [2.45, 2.75) is 4.21 Å². The zero-order valence-corrected chi connectivity index (χ0v) is 17.4. The second kappa shape index (κ2) is 8.55. The number of hydrogen-bond acceptors (Lipinski definition) is 5. The molecule has 3 rings (SSSR count). The Morgan fingerprint density at radius 3 is 2.36 bits per heavy atom. The lowest BCUT2D eigenvalue weighted by atomic mass is 10.2. The van der Waals surface area contributed by atoms with Crippen LogP contribution in [0.25, 0.3) is 0 Å². The van der Waals surface area contributed by atoms with E-state index in [4.69, 9.17) is 0 Å². The van der Waals surface area contributed by atoms with Crippen LogP contribution in [0, 0.1) is 0 Å². The summed E-state index contributed by atoms with van der Waals surface area (Å²) in [6.45, 7) is 0. The van der Waals surface area contributed by atoms with E-state index in [0.717, 1.165) is 15.8 Å². The molecule has 2 aromatic carbocycles. The van der Waals surface area contributed by atoms with Crippen molar-refractivity contribution >= 4 is 54.8 Å².